The Balaban J connectivity index is 2.46. The zero-order chi connectivity index (χ0) is 15.7. The summed E-state index contributed by atoms with van der Waals surface area (Å²) in [5, 5.41) is 3.35. The average Bonchev–Trinajstić information content (AvgIpc) is 2.45. The van der Waals surface area contributed by atoms with Crippen molar-refractivity contribution >= 4 is 35.0 Å². The fourth-order valence-corrected chi connectivity index (χ4v) is 2.47. The van der Waals surface area contributed by atoms with E-state index in [9.17, 15) is 4.79 Å². The van der Waals surface area contributed by atoms with Gasteiger partial charge in [-0.05, 0) is 43.1 Å². The smallest absolute Gasteiger partial charge is 0.269 e. The normalized spacial score (nSPS) is 11.6. The van der Waals surface area contributed by atoms with Crippen molar-refractivity contribution in [1.29, 1.82) is 0 Å². The van der Waals surface area contributed by atoms with Gasteiger partial charge in [0.25, 0.3) is 5.91 Å². The van der Waals surface area contributed by atoms with Crippen molar-refractivity contribution in [2.45, 2.75) is 18.7 Å². The monoisotopic (exact) mass is 327 g/mol. The molecule has 0 unspecified atom stereocenters. The molecule has 1 aromatic carbocycles. The Morgan fingerprint density at radius 2 is 2.19 bits per heavy atom. The standard InChI is InChI=1S/C14H21N3O2S2/c1-10(8-19-2)15-14(20)17-16-13(18)12-6-4-5-11(7-12)9-21-3/h4-7,10H,8-9H2,1-3H3,(H,16,18)(H2,15,17,20)/t10-/m1/s1. The van der Waals surface area contributed by atoms with E-state index < -0.39 is 0 Å². The van der Waals surface area contributed by atoms with Crippen LogP contribution in [0.5, 0.6) is 0 Å². The minimum atomic E-state index is -0.221. The molecule has 3 N–H and O–H groups in total. The second kappa shape index (κ2) is 9.59. The molecule has 0 aromatic heterocycles. The molecule has 0 saturated carbocycles. The van der Waals surface area contributed by atoms with Crippen LogP contribution in [0.4, 0.5) is 0 Å². The first-order chi connectivity index (χ1) is 10.1. The number of amides is 1. The number of thioether (sulfide) groups is 1. The summed E-state index contributed by atoms with van der Waals surface area (Å²) in [4.78, 5) is 12.0. The summed E-state index contributed by atoms with van der Waals surface area (Å²) in [6.07, 6.45) is 2.03. The highest BCUT2D eigenvalue weighted by Gasteiger charge is 2.08. The van der Waals surface area contributed by atoms with Crippen molar-refractivity contribution in [3.63, 3.8) is 0 Å². The lowest BCUT2D eigenvalue weighted by molar-refractivity contribution is 0.0943. The van der Waals surface area contributed by atoms with Crippen LogP contribution < -0.4 is 16.2 Å². The Labute approximate surface area is 135 Å². The van der Waals surface area contributed by atoms with Crippen LogP contribution in [-0.4, -0.2) is 37.0 Å². The van der Waals surface area contributed by atoms with E-state index >= 15 is 0 Å². The minimum Gasteiger partial charge on any atom is -0.383 e. The molecule has 1 aromatic rings. The Bertz CT molecular complexity index is 483. The fraction of sp³-hybridized carbons (Fsp3) is 0.429. The van der Waals surface area contributed by atoms with E-state index in [0.29, 0.717) is 17.3 Å². The predicted molar refractivity (Wildman–Crippen MR) is 91.3 cm³/mol. The molecule has 5 nitrogen and oxygen atoms in total. The van der Waals surface area contributed by atoms with Crippen LogP contribution in [0.2, 0.25) is 0 Å². The zero-order valence-electron chi connectivity index (χ0n) is 12.4. The first-order valence-electron chi connectivity index (χ1n) is 6.50. The molecule has 7 heteroatoms. The number of hydrogen-bond acceptors (Lipinski definition) is 4. The van der Waals surface area contributed by atoms with Crippen LogP contribution in [0.1, 0.15) is 22.8 Å². The van der Waals surface area contributed by atoms with Crippen molar-refractivity contribution in [2.24, 2.45) is 0 Å². The Kier molecular flexibility index (Phi) is 8.11. The predicted octanol–water partition coefficient (Wildman–Crippen LogP) is 1.69. The van der Waals surface area contributed by atoms with Gasteiger partial charge in [0, 0.05) is 24.5 Å². The number of hydrogen-bond donors (Lipinski definition) is 3. The van der Waals surface area contributed by atoms with Gasteiger partial charge in [0.05, 0.1) is 6.61 Å². The lowest BCUT2D eigenvalue weighted by Gasteiger charge is -2.16. The number of rotatable bonds is 6. The summed E-state index contributed by atoms with van der Waals surface area (Å²) in [6.45, 7) is 2.47. The molecular weight excluding hydrogens is 306 g/mol. The lowest BCUT2D eigenvalue weighted by atomic mass is 10.1. The Morgan fingerprint density at radius 1 is 1.43 bits per heavy atom. The van der Waals surface area contributed by atoms with Crippen molar-refractivity contribution in [1.82, 2.24) is 16.2 Å². The van der Waals surface area contributed by atoms with Gasteiger partial charge in [-0.15, -0.1) is 0 Å². The van der Waals surface area contributed by atoms with E-state index in [1.165, 1.54) is 0 Å². The molecular formula is C14H21N3O2S2. The summed E-state index contributed by atoms with van der Waals surface area (Å²) in [6, 6.07) is 7.58. The number of carbonyl (C=O) groups excluding carboxylic acids is 1. The van der Waals surface area contributed by atoms with Gasteiger partial charge in [-0.25, -0.2) is 0 Å². The number of benzene rings is 1. The summed E-state index contributed by atoms with van der Waals surface area (Å²) in [7, 11) is 1.62. The summed E-state index contributed by atoms with van der Waals surface area (Å²) < 4.78 is 5.00. The number of carbonyl (C=O) groups is 1. The second-order valence-corrected chi connectivity index (χ2v) is 5.82. The number of methoxy groups -OCH3 is 1. The molecule has 0 heterocycles. The van der Waals surface area contributed by atoms with Crippen LogP contribution in [0, 0.1) is 0 Å². The first-order valence-corrected chi connectivity index (χ1v) is 8.30. The third-order valence-corrected chi connectivity index (χ3v) is 3.43. The highest BCUT2D eigenvalue weighted by Crippen LogP contribution is 2.11. The summed E-state index contributed by atoms with van der Waals surface area (Å²) >= 11 is 6.80. The first kappa shape index (κ1) is 17.7. The Hall–Kier alpha value is -1.31. The van der Waals surface area contributed by atoms with Crippen LogP contribution in [-0.2, 0) is 10.5 Å². The molecule has 0 aliphatic rings. The SMILES string of the molecule is COC[C@@H](C)NC(=S)NNC(=O)c1cccc(CSC)c1. The van der Waals surface area contributed by atoms with Crippen molar-refractivity contribution in [2.75, 3.05) is 20.0 Å². The van der Waals surface area contributed by atoms with Gasteiger partial charge in [-0.3, -0.25) is 15.6 Å². The molecule has 0 aliphatic heterocycles. The molecule has 0 saturated heterocycles. The topological polar surface area (TPSA) is 62.4 Å². The molecule has 21 heavy (non-hydrogen) atoms. The number of nitrogens with one attached hydrogen (secondary N) is 3. The number of ether oxygens (including phenoxy) is 1. The molecule has 0 fully saturated rings. The summed E-state index contributed by atoms with van der Waals surface area (Å²) in [5.41, 5.74) is 6.97. The quantitative estimate of drug-likeness (QED) is 0.546. The van der Waals surface area contributed by atoms with Crippen LogP contribution in [0.15, 0.2) is 24.3 Å². The maximum absolute atomic E-state index is 12.0. The van der Waals surface area contributed by atoms with Crippen molar-refractivity contribution < 1.29 is 9.53 Å². The van der Waals surface area contributed by atoms with E-state index in [1.807, 2.05) is 31.4 Å². The second-order valence-electron chi connectivity index (χ2n) is 4.54. The van der Waals surface area contributed by atoms with Crippen LogP contribution in [0.3, 0.4) is 0 Å². The van der Waals surface area contributed by atoms with E-state index in [2.05, 4.69) is 16.2 Å². The number of thiocarbonyl (C=S) groups is 1. The minimum absolute atomic E-state index is 0.0665. The highest BCUT2D eigenvalue weighted by atomic mass is 32.2. The third kappa shape index (κ3) is 6.79. The lowest BCUT2D eigenvalue weighted by Crippen LogP contribution is -2.49. The van der Waals surface area contributed by atoms with E-state index in [-0.39, 0.29) is 11.9 Å². The van der Waals surface area contributed by atoms with E-state index in [4.69, 9.17) is 17.0 Å². The molecule has 1 rings (SSSR count). The van der Waals surface area contributed by atoms with Gasteiger partial charge in [-0.2, -0.15) is 11.8 Å². The summed E-state index contributed by atoms with van der Waals surface area (Å²) in [5.74, 6) is 0.657. The zero-order valence-corrected chi connectivity index (χ0v) is 14.1. The van der Waals surface area contributed by atoms with Gasteiger partial charge < -0.3 is 10.1 Å². The van der Waals surface area contributed by atoms with Gasteiger partial charge in [0.15, 0.2) is 5.11 Å². The molecule has 1 amide bonds. The van der Waals surface area contributed by atoms with Gasteiger partial charge >= 0.3 is 0 Å². The van der Waals surface area contributed by atoms with Crippen molar-refractivity contribution in [3.8, 4) is 0 Å². The van der Waals surface area contributed by atoms with Crippen LogP contribution >= 0.6 is 24.0 Å². The molecule has 0 radical (unpaired) electrons. The van der Waals surface area contributed by atoms with Gasteiger partial charge in [0.1, 0.15) is 0 Å². The third-order valence-electron chi connectivity index (χ3n) is 2.58. The molecule has 116 valence electrons. The Morgan fingerprint density at radius 3 is 2.86 bits per heavy atom. The van der Waals surface area contributed by atoms with Gasteiger partial charge in [0.2, 0.25) is 0 Å². The molecule has 0 spiro atoms. The maximum Gasteiger partial charge on any atom is 0.269 e. The highest BCUT2D eigenvalue weighted by molar-refractivity contribution is 7.97. The molecule has 0 aliphatic carbocycles. The molecule has 0 bridgehead atoms. The maximum atomic E-state index is 12.0. The van der Waals surface area contributed by atoms with E-state index in [1.54, 1.807) is 24.9 Å². The fourth-order valence-electron chi connectivity index (χ4n) is 1.71. The van der Waals surface area contributed by atoms with Crippen molar-refractivity contribution in [3.05, 3.63) is 35.4 Å². The van der Waals surface area contributed by atoms with E-state index in [0.717, 1.165) is 11.3 Å². The van der Waals surface area contributed by atoms with Crippen LogP contribution in [0.25, 0.3) is 0 Å². The van der Waals surface area contributed by atoms with Gasteiger partial charge in [-0.1, -0.05) is 12.1 Å². The molecule has 1 atom stereocenters. The number of hydrazine groups is 1. The largest absolute Gasteiger partial charge is 0.383 e. The average molecular weight is 327 g/mol.